The highest BCUT2D eigenvalue weighted by molar-refractivity contribution is 5.77. The number of carbonyl (C=O) groups excluding carboxylic acids is 2. The molecule has 3 aromatic carbocycles. The van der Waals surface area contributed by atoms with E-state index in [-0.39, 0.29) is 11.8 Å². The molecule has 1 aliphatic heterocycles. The number of amides is 2. The second kappa shape index (κ2) is 17.4. The van der Waals surface area contributed by atoms with Crippen LogP contribution in [0.1, 0.15) is 86.8 Å². The molecule has 6 bridgehead atoms. The second-order valence-corrected chi connectivity index (χ2v) is 14.4. The lowest BCUT2D eigenvalue weighted by atomic mass is 10.0. The second-order valence-electron chi connectivity index (χ2n) is 14.4. The van der Waals surface area contributed by atoms with E-state index in [4.69, 9.17) is 0 Å². The Hall–Kier alpha value is -4.04. The van der Waals surface area contributed by atoms with Crippen molar-refractivity contribution in [2.45, 2.75) is 92.6 Å². The van der Waals surface area contributed by atoms with E-state index in [0.717, 1.165) is 65.2 Å². The molecule has 260 valence electrons. The minimum atomic E-state index is 0.160. The highest BCUT2D eigenvalue weighted by Crippen LogP contribution is 2.26. The third-order valence-electron chi connectivity index (χ3n) is 9.00. The van der Waals surface area contributed by atoms with E-state index in [9.17, 15) is 9.59 Å². The van der Waals surface area contributed by atoms with E-state index in [0.29, 0.717) is 50.9 Å². The Balaban J connectivity index is 1.82. The summed E-state index contributed by atoms with van der Waals surface area (Å²) in [7, 11) is 7.96. The molecule has 48 heavy (non-hydrogen) atoms. The zero-order valence-electron chi connectivity index (χ0n) is 30.6. The van der Waals surface area contributed by atoms with Gasteiger partial charge in [0.1, 0.15) is 0 Å². The van der Waals surface area contributed by atoms with E-state index < -0.39 is 0 Å². The maximum absolute atomic E-state index is 13.8. The summed E-state index contributed by atoms with van der Waals surface area (Å²) in [5.74, 6) is 1.22. The molecular weight excluding hydrogens is 596 g/mol. The van der Waals surface area contributed by atoms with Gasteiger partial charge in [0.2, 0.25) is 11.8 Å². The summed E-state index contributed by atoms with van der Waals surface area (Å²) < 4.78 is 0. The maximum Gasteiger partial charge on any atom is 0.223 e. The van der Waals surface area contributed by atoms with E-state index >= 15 is 0 Å². The van der Waals surface area contributed by atoms with Crippen LogP contribution in [0.15, 0.2) is 54.6 Å². The topological polar surface area (TPSA) is 80.0 Å². The lowest BCUT2D eigenvalue weighted by Gasteiger charge is -2.27. The Morgan fingerprint density at radius 2 is 0.792 bits per heavy atom. The average molecular weight is 655 g/mol. The van der Waals surface area contributed by atoms with Crippen molar-refractivity contribution < 1.29 is 9.59 Å². The Bertz CT molecular complexity index is 1430. The lowest BCUT2D eigenvalue weighted by Crippen LogP contribution is -2.31. The molecule has 0 aromatic heterocycles. The highest BCUT2D eigenvalue weighted by atomic mass is 16.2. The fraction of sp³-hybridized carbons (Fsp3) is 0.500. The molecule has 1 aliphatic rings. The van der Waals surface area contributed by atoms with Crippen LogP contribution in [0, 0.1) is 11.8 Å². The number of benzene rings is 3. The molecule has 0 radical (unpaired) electrons. The summed E-state index contributed by atoms with van der Waals surface area (Å²) in [5, 5.41) is 10.0. The SMILES string of the molecule is CNc1cc2cc(c1)CN(C(=O)CCC(C)C)Cc1cc(cc(NC)c1)CN(C(=O)CCC(C)C)Cc1cc(cc(NC)c1)CN(C)C2. The Kier molecular flexibility index (Phi) is 13.3. The molecule has 1 heterocycles. The van der Waals surface area contributed by atoms with Crippen LogP contribution in [0.4, 0.5) is 17.1 Å². The predicted octanol–water partition coefficient (Wildman–Crippen LogP) is 7.69. The first kappa shape index (κ1) is 36.8. The quantitative estimate of drug-likeness (QED) is 0.220. The van der Waals surface area contributed by atoms with E-state index in [1.807, 2.05) is 30.9 Å². The van der Waals surface area contributed by atoms with Crippen LogP contribution in [0.2, 0.25) is 0 Å². The molecule has 0 fully saturated rings. The summed E-state index contributed by atoms with van der Waals surface area (Å²) in [5.41, 5.74) is 9.77. The summed E-state index contributed by atoms with van der Waals surface area (Å²) in [4.78, 5) is 34.0. The number of rotatable bonds is 9. The fourth-order valence-electron chi connectivity index (χ4n) is 6.43. The molecule has 4 rings (SSSR count). The van der Waals surface area contributed by atoms with Gasteiger partial charge >= 0.3 is 0 Å². The predicted molar refractivity (Wildman–Crippen MR) is 200 cm³/mol. The molecule has 0 unspecified atom stereocenters. The molecule has 3 N–H and O–H groups in total. The van der Waals surface area contributed by atoms with Gasteiger partial charge in [0.15, 0.2) is 0 Å². The van der Waals surface area contributed by atoms with E-state index in [2.05, 4.69) is 110 Å². The Morgan fingerprint density at radius 3 is 1.04 bits per heavy atom. The van der Waals surface area contributed by atoms with Gasteiger partial charge in [-0.2, -0.15) is 0 Å². The van der Waals surface area contributed by atoms with Crippen LogP contribution in [0.3, 0.4) is 0 Å². The molecule has 8 nitrogen and oxygen atoms in total. The lowest BCUT2D eigenvalue weighted by molar-refractivity contribution is -0.133. The van der Waals surface area contributed by atoms with Crippen molar-refractivity contribution >= 4 is 28.9 Å². The van der Waals surface area contributed by atoms with E-state index in [1.54, 1.807) is 0 Å². The number of anilines is 3. The van der Waals surface area contributed by atoms with Crippen molar-refractivity contribution in [1.82, 2.24) is 14.7 Å². The van der Waals surface area contributed by atoms with Crippen molar-refractivity contribution in [2.24, 2.45) is 11.8 Å². The first-order chi connectivity index (χ1) is 22.9. The summed E-state index contributed by atoms with van der Waals surface area (Å²) in [6.07, 6.45) is 2.74. The van der Waals surface area contributed by atoms with Crippen molar-refractivity contribution in [1.29, 1.82) is 0 Å². The van der Waals surface area contributed by atoms with E-state index in [1.165, 1.54) is 11.1 Å². The number of hydrogen-bond acceptors (Lipinski definition) is 6. The third kappa shape index (κ3) is 11.0. The fourth-order valence-corrected chi connectivity index (χ4v) is 6.43. The van der Waals surface area contributed by atoms with Gasteiger partial charge in [-0.05, 0) is 102 Å². The summed E-state index contributed by atoms with van der Waals surface area (Å²) in [6, 6.07) is 19.6. The molecule has 0 spiro atoms. The van der Waals surface area contributed by atoms with Crippen LogP contribution in [0.5, 0.6) is 0 Å². The van der Waals surface area contributed by atoms with Crippen molar-refractivity contribution in [3.8, 4) is 0 Å². The molecule has 0 atom stereocenters. The average Bonchev–Trinajstić information content (AvgIpc) is 3.04. The van der Waals surface area contributed by atoms with Crippen molar-refractivity contribution in [2.75, 3.05) is 44.1 Å². The normalized spacial score (nSPS) is 14.5. The van der Waals surface area contributed by atoms with Gasteiger partial charge in [-0.1, -0.05) is 45.9 Å². The van der Waals surface area contributed by atoms with Gasteiger partial charge in [-0.3, -0.25) is 14.5 Å². The number of nitrogens with zero attached hydrogens (tertiary/aromatic N) is 3. The van der Waals surface area contributed by atoms with Crippen LogP contribution in [-0.4, -0.2) is 54.7 Å². The van der Waals surface area contributed by atoms with Gasteiger partial charge in [0.25, 0.3) is 0 Å². The minimum absolute atomic E-state index is 0.160. The Labute approximate surface area is 289 Å². The zero-order chi connectivity index (χ0) is 34.8. The zero-order valence-corrected chi connectivity index (χ0v) is 30.6. The van der Waals surface area contributed by atoms with Crippen LogP contribution in [-0.2, 0) is 48.9 Å². The monoisotopic (exact) mass is 654 g/mol. The van der Waals surface area contributed by atoms with Crippen LogP contribution in [0.25, 0.3) is 0 Å². The van der Waals surface area contributed by atoms with Crippen molar-refractivity contribution in [3.63, 3.8) is 0 Å². The van der Waals surface area contributed by atoms with Crippen LogP contribution >= 0.6 is 0 Å². The molecule has 8 heteroatoms. The number of carbonyl (C=O) groups is 2. The molecule has 3 aromatic rings. The highest BCUT2D eigenvalue weighted by Gasteiger charge is 2.20. The van der Waals surface area contributed by atoms with Gasteiger partial charge in [0, 0.05) is 90.3 Å². The number of hydrogen-bond donors (Lipinski definition) is 3. The van der Waals surface area contributed by atoms with Crippen molar-refractivity contribution in [3.05, 3.63) is 88.0 Å². The molecular formula is C40H58N6O2. The number of fused-ring (bicyclic) bond motifs is 6. The maximum atomic E-state index is 13.8. The summed E-state index contributed by atoms with van der Waals surface area (Å²) in [6.45, 7) is 12.2. The Morgan fingerprint density at radius 1 is 0.521 bits per heavy atom. The molecule has 0 saturated heterocycles. The van der Waals surface area contributed by atoms with Gasteiger partial charge in [-0.15, -0.1) is 0 Å². The number of nitrogens with one attached hydrogen (secondary N) is 3. The molecule has 0 saturated carbocycles. The molecule has 0 aliphatic carbocycles. The summed E-state index contributed by atoms with van der Waals surface area (Å²) >= 11 is 0. The third-order valence-corrected chi connectivity index (χ3v) is 9.00. The first-order valence-electron chi connectivity index (χ1n) is 17.6. The molecule has 2 amide bonds. The minimum Gasteiger partial charge on any atom is -0.388 e. The largest absolute Gasteiger partial charge is 0.388 e. The first-order valence-corrected chi connectivity index (χ1v) is 17.6. The van der Waals surface area contributed by atoms with Gasteiger partial charge < -0.3 is 25.8 Å². The van der Waals surface area contributed by atoms with Crippen LogP contribution < -0.4 is 16.0 Å². The smallest absolute Gasteiger partial charge is 0.223 e. The van der Waals surface area contributed by atoms with Gasteiger partial charge in [-0.25, -0.2) is 0 Å². The standard InChI is InChI=1S/C40H58N6O2/c1-28(2)9-11-39(47)45-24-32-13-30(16-36(18-32)41-5)22-44(8)23-31-14-33(19-37(17-31)42-6)25-46(40(48)12-10-29(3)4)27-35-15-34(26-45)20-38(21-35)43-7/h13-21,28-29,41-43H,9-12,22-27H2,1-8H3. The van der Waals surface area contributed by atoms with Gasteiger partial charge in [0.05, 0.1) is 0 Å².